The molecule has 0 spiro atoms. The van der Waals surface area contributed by atoms with Gasteiger partial charge in [0.25, 0.3) is 5.95 Å². The standard InChI is InChI=1S/C11H5BrClFN6O/c12-7-3-6(14)1-2-8(7)21-11-18-9(13)17-10(19-11)20-5-15-4-16-20/h1-5H. The second kappa shape index (κ2) is 5.70. The van der Waals surface area contributed by atoms with Gasteiger partial charge < -0.3 is 4.74 Å². The van der Waals surface area contributed by atoms with Crippen LogP contribution in [0.25, 0.3) is 5.95 Å². The first-order valence-corrected chi connectivity index (χ1v) is 6.68. The maximum atomic E-state index is 13.0. The lowest BCUT2D eigenvalue weighted by Crippen LogP contribution is -2.05. The molecular formula is C11H5BrClFN6O. The summed E-state index contributed by atoms with van der Waals surface area (Å²) in [5.41, 5.74) is 0. The minimum atomic E-state index is -0.397. The summed E-state index contributed by atoms with van der Waals surface area (Å²) in [5.74, 6) is 0.0927. The average molecular weight is 372 g/mol. The summed E-state index contributed by atoms with van der Waals surface area (Å²) in [7, 11) is 0. The van der Waals surface area contributed by atoms with Crippen LogP contribution in [0.1, 0.15) is 0 Å². The van der Waals surface area contributed by atoms with E-state index >= 15 is 0 Å². The minimum Gasteiger partial charge on any atom is -0.423 e. The van der Waals surface area contributed by atoms with Gasteiger partial charge in [-0.15, -0.1) is 0 Å². The molecule has 1 aromatic carbocycles. The summed E-state index contributed by atoms with van der Waals surface area (Å²) in [6, 6.07) is 3.90. The molecule has 0 aliphatic heterocycles. The third-order valence-corrected chi connectivity index (χ3v) is 3.08. The second-order valence-electron chi connectivity index (χ2n) is 3.70. The quantitative estimate of drug-likeness (QED) is 0.704. The van der Waals surface area contributed by atoms with E-state index in [1.807, 2.05) is 0 Å². The van der Waals surface area contributed by atoms with Crippen molar-refractivity contribution in [3.05, 3.63) is 46.4 Å². The maximum absolute atomic E-state index is 13.0. The average Bonchev–Trinajstić information content (AvgIpc) is 2.95. The first kappa shape index (κ1) is 13.8. The number of nitrogens with zero attached hydrogens (tertiary/aromatic N) is 6. The Hall–Kier alpha value is -2.13. The van der Waals surface area contributed by atoms with Gasteiger partial charge in [-0.3, -0.25) is 0 Å². The van der Waals surface area contributed by atoms with E-state index in [1.165, 1.54) is 35.5 Å². The number of ether oxygens (including phenoxy) is 1. The largest absolute Gasteiger partial charge is 0.423 e. The summed E-state index contributed by atoms with van der Waals surface area (Å²) >= 11 is 9.01. The summed E-state index contributed by atoms with van der Waals surface area (Å²) in [5, 5.41) is 3.82. The Bertz CT molecular complexity index is 784. The monoisotopic (exact) mass is 370 g/mol. The van der Waals surface area contributed by atoms with Crippen LogP contribution in [0.2, 0.25) is 5.28 Å². The van der Waals surface area contributed by atoms with E-state index in [1.54, 1.807) is 0 Å². The van der Waals surface area contributed by atoms with Crippen molar-refractivity contribution in [1.29, 1.82) is 0 Å². The smallest absolute Gasteiger partial charge is 0.328 e. The molecule has 2 aromatic heterocycles. The van der Waals surface area contributed by atoms with Gasteiger partial charge in [-0.05, 0) is 45.7 Å². The molecule has 0 fully saturated rings. The molecule has 0 aliphatic carbocycles. The van der Waals surface area contributed by atoms with Crippen LogP contribution in [0.5, 0.6) is 11.8 Å². The summed E-state index contributed by atoms with van der Waals surface area (Å²) < 4.78 is 20.2. The highest BCUT2D eigenvalue weighted by molar-refractivity contribution is 9.10. The van der Waals surface area contributed by atoms with Crippen molar-refractivity contribution in [3.8, 4) is 17.7 Å². The third-order valence-electron chi connectivity index (χ3n) is 2.29. The van der Waals surface area contributed by atoms with Crippen LogP contribution in [0.15, 0.2) is 35.3 Å². The van der Waals surface area contributed by atoms with Gasteiger partial charge in [0.1, 0.15) is 24.2 Å². The van der Waals surface area contributed by atoms with E-state index < -0.39 is 5.82 Å². The van der Waals surface area contributed by atoms with Crippen molar-refractivity contribution in [2.45, 2.75) is 0 Å². The fourth-order valence-electron chi connectivity index (χ4n) is 1.44. The van der Waals surface area contributed by atoms with Crippen LogP contribution < -0.4 is 4.74 Å². The molecule has 7 nitrogen and oxygen atoms in total. The highest BCUT2D eigenvalue weighted by Crippen LogP contribution is 2.29. The van der Waals surface area contributed by atoms with Crippen LogP contribution in [0.3, 0.4) is 0 Å². The van der Waals surface area contributed by atoms with Crippen molar-refractivity contribution in [3.63, 3.8) is 0 Å². The number of rotatable bonds is 3. The van der Waals surface area contributed by atoms with E-state index in [2.05, 4.69) is 41.0 Å². The number of halogens is 3. The molecular weight excluding hydrogens is 367 g/mol. The Morgan fingerprint density at radius 3 is 2.81 bits per heavy atom. The zero-order valence-corrected chi connectivity index (χ0v) is 12.5. The molecule has 0 saturated heterocycles. The Morgan fingerprint density at radius 2 is 2.10 bits per heavy atom. The van der Waals surface area contributed by atoms with Gasteiger partial charge in [-0.1, -0.05) is 0 Å². The van der Waals surface area contributed by atoms with Gasteiger partial charge in [-0.25, -0.2) is 9.37 Å². The van der Waals surface area contributed by atoms with Crippen LogP contribution in [-0.4, -0.2) is 29.7 Å². The molecule has 3 rings (SSSR count). The molecule has 3 aromatic rings. The van der Waals surface area contributed by atoms with E-state index in [-0.39, 0.29) is 17.2 Å². The molecule has 0 N–H and O–H groups in total. The Labute approximate surface area is 130 Å². The van der Waals surface area contributed by atoms with Gasteiger partial charge >= 0.3 is 6.01 Å². The van der Waals surface area contributed by atoms with E-state index in [0.717, 1.165) is 0 Å². The zero-order valence-electron chi connectivity index (χ0n) is 10.1. The lowest BCUT2D eigenvalue weighted by molar-refractivity contribution is 0.433. The lowest BCUT2D eigenvalue weighted by Gasteiger charge is -2.07. The minimum absolute atomic E-state index is 0.0483. The normalized spacial score (nSPS) is 10.6. The number of aromatic nitrogens is 6. The lowest BCUT2D eigenvalue weighted by atomic mass is 10.3. The number of hydrogen-bond acceptors (Lipinski definition) is 6. The van der Waals surface area contributed by atoms with E-state index in [4.69, 9.17) is 16.3 Å². The molecule has 0 amide bonds. The molecule has 0 bridgehead atoms. The molecule has 21 heavy (non-hydrogen) atoms. The first-order valence-electron chi connectivity index (χ1n) is 5.51. The van der Waals surface area contributed by atoms with Crippen molar-refractivity contribution in [2.24, 2.45) is 0 Å². The van der Waals surface area contributed by atoms with Crippen LogP contribution in [0, 0.1) is 5.82 Å². The molecule has 0 atom stereocenters. The fourth-order valence-corrected chi connectivity index (χ4v) is 2.02. The Balaban J connectivity index is 1.95. The van der Waals surface area contributed by atoms with Crippen molar-refractivity contribution < 1.29 is 9.13 Å². The molecule has 106 valence electrons. The zero-order chi connectivity index (χ0) is 14.8. The predicted molar refractivity (Wildman–Crippen MR) is 73.9 cm³/mol. The summed E-state index contributed by atoms with van der Waals surface area (Å²) in [6.45, 7) is 0. The highest BCUT2D eigenvalue weighted by atomic mass is 79.9. The van der Waals surface area contributed by atoms with Gasteiger partial charge in [0, 0.05) is 0 Å². The van der Waals surface area contributed by atoms with Crippen LogP contribution in [0.4, 0.5) is 4.39 Å². The van der Waals surface area contributed by atoms with Crippen molar-refractivity contribution in [2.75, 3.05) is 0 Å². The van der Waals surface area contributed by atoms with E-state index in [9.17, 15) is 4.39 Å². The molecule has 2 heterocycles. The van der Waals surface area contributed by atoms with Crippen molar-refractivity contribution >= 4 is 27.5 Å². The predicted octanol–water partition coefficient (Wildman–Crippen LogP) is 2.80. The molecule has 0 saturated carbocycles. The van der Waals surface area contributed by atoms with E-state index in [0.29, 0.717) is 10.2 Å². The summed E-state index contributed by atoms with van der Waals surface area (Å²) in [6.07, 6.45) is 2.73. The maximum Gasteiger partial charge on any atom is 0.328 e. The van der Waals surface area contributed by atoms with Crippen molar-refractivity contribution in [1.82, 2.24) is 29.7 Å². The van der Waals surface area contributed by atoms with Crippen LogP contribution in [-0.2, 0) is 0 Å². The molecule has 0 unspecified atom stereocenters. The first-order chi connectivity index (χ1) is 10.1. The number of benzene rings is 1. The third kappa shape index (κ3) is 3.14. The van der Waals surface area contributed by atoms with Gasteiger partial charge in [0.15, 0.2) is 0 Å². The van der Waals surface area contributed by atoms with Crippen LogP contribution >= 0.6 is 27.5 Å². The fraction of sp³-hybridized carbons (Fsp3) is 0. The molecule has 0 aliphatic rings. The SMILES string of the molecule is Fc1ccc(Oc2nc(Cl)nc(-n3cncn3)n2)c(Br)c1. The Morgan fingerprint density at radius 1 is 1.24 bits per heavy atom. The second-order valence-corrected chi connectivity index (χ2v) is 4.90. The van der Waals surface area contributed by atoms with Gasteiger partial charge in [0.2, 0.25) is 5.28 Å². The Kier molecular flexibility index (Phi) is 3.76. The molecule has 0 radical (unpaired) electrons. The summed E-state index contributed by atoms with van der Waals surface area (Å²) in [4.78, 5) is 15.6. The topological polar surface area (TPSA) is 78.6 Å². The highest BCUT2D eigenvalue weighted by Gasteiger charge is 2.11. The number of hydrogen-bond donors (Lipinski definition) is 0. The molecule has 10 heteroatoms. The van der Waals surface area contributed by atoms with Gasteiger partial charge in [0.05, 0.1) is 4.47 Å². The van der Waals surface area contributed by atoms with Gasteiger partial charge in [-0.2, -0.15) is 24.7 Å².